The highest BCUT2D eigenvalue weighted by molar-refractivity contribution is 8.00. The quantitative estimate of drug-likeness (QED) is 0.914. The van der Waals surface area contributed by atoms with Gasteiger partial charge in [0.2, 0.25) is 5.91 Å². The van der Waals surface area contributed by atoms with E-state index in [0.29, 0.717) is 5.75 Å². The molecule has 0 saturated heterocycles. The van der Waals surface area contributed by atoms with Gasteiger partial charge in [-0.05, 0) is 19.1 Å². The summed E-state index contributed by atoms with van der Waals surface area (Å²) < 4.78 is 1.62. The van der Waals surface area contributed by atoms with Gasteiger partial charge in [-0.15, -0.1) is 0 Å². The van der Waals surface area contributed by atoms with Crippen LogP contribution in [0.1, 0.15) is 11.7 Å². The van der Waals surface area contributed by atoms with Crippen molar-refractivity contribution >= 4 is 23.5 Å². The minimum absolute atomic E-state index is 0.0853. The fourth-order valence-electron chi connectivity index (χ4n) is 2.37. The number of anilines is 1. The van der Waals surface area contributed by atoms with Gasteiger partial charge in [0.1, 0.15) is 5.82 Å². The summed E-state index contributed by atoms with van der Waals surface area (Å²) in [6, 6.07) is 3.95. The minimum atomic E-state index is 0.0853. The maximum absolute atomic E-state index is 11.6. The number of allylic oxidation sites excluding steroid dienone is 1. The van der Waals surface area contributed by atoms with Crippen molar-refractivity contribution in [2.75, 3.05) is 17.3 Å². The topological polar surface area (TPSA) is 63.1 Å². The Bertz CT molecular complexity index is 749. The molecular formula is C14H13N5OS. The van der Waals surface area contributed by atoms with Gasteiger partial charge >= 0.3 is 0 Å². The van der Waals surface area contributed by atoms with Crippen LogP contribution in [0.5, 0.6) is 0 Å². The maximum atomic E-state index is 11.6. The molecule has 0 aliphatic carbocycles. The second-order valence-electron chi connectivity index (χ2n) is 4.98. The smallest absolute Gasteiger partial charge is 0.243 e. The first-order chi connectivity index (χ1) is 10.2. The number of pyridine rings is 1. The van der Waals surface area contributed by atoms with Gasteiger partial charge in [-0.2, -0.15) is 0 Å². The lowest BCUT2D eigenvalue weighted by Gasteiger charge is -2.13. The van der Waals surface area contributed by atoms with Crippen LogP contribution >= 0.6 is 11.8 Å². The maximum Gasteiger partial charge on any atom is 0.243 e. The number of aromatic nitrogens is 3. The van der Waals surface area contributed by atoms with Gasteiger partial charge in [0.15, 0.2) is 5.16 Å². The van der Waals surface area contributed by atoms with Crippen LogP contribution < -0.4 is 10.2 Å². The molecule has 1 N–H and O–H groups in total. The molecule has 0 fully saturated rings. The summed E-state index contributed by atoms with van der Waals surface area (Å²) in [5.74, 6) is 1.45. The van der Waals surface area contributed by atoms with Crippen molar-refractivity contribution in [3.05, 3.63) is 36.4 Å². The highest BCUT2D eigenvalue weighted by Gasteiger charge is 2.22. The average Bonchev–Trinajstić information content (AvgIpc) is 3.17. The summed E-state index contributed by atoms with van der Waals surface area (Å²) in [6.07, 6.45) is 5.61. The summed E-state index contributed by atoms with van der Waals surface area (Å²) in [7, 11) is 0. The van der Waals surface area contributed by atoms with Crippen molar-refractivity contribution in [2.24, 2.45) is 0 Å². The molecule has 21 heavy (non-hydrogen) atoms. The molecule has 0 spiro atoms. The predicted molar refractivity (Wildman–Crippen MR) is 81.0 cm³/mol. The van der Waals surface area contributed by atoms with Crippen LogP contribution in [0.4, 0.5) is 5.82 Å². The number of nitrogens with one attached hydrogen (secondary N) is 1. The Morgan fingerprint density at radius 1 is 1.38 bits per heavy atom. The van der Waals surface area contributed by atoms with E-state index in [-0.39, 0.29) is 5.91 Å². The highest BCUT2D eigenvalue weighted by atomic mass is 32.2. The molecule has 7 heteroatoms. The molecule has 2 aliphatic heterocycles. The molecule has 0 radical (unpaired) electrons. The third-order valence-electron chi connectivity index (χ3n) is 3.48. The zero-order valence-corrected chi connectivity index (χ0v) is 12.2. The fraction of sp³-hybridized carbons (Fsp3) is 0.214. The number of carbonyl (C=O) groups excluding carboxylic acids is 1. The number of fused-ring (bicyclic) bond motifs is 1. The van der Waals surface area contributed by atoms with Crippen molar-refractivity contribution < 1.29 is 4.79 Å². The first-order valence-electron chi connectivity index (χ1n) is 6.61. The van der Waals surface area contributed by atoms with E-state index in [2.05, 4.69) is 15.3 Å². The van der Waals surface area contributed by atoms with Crippen molar-refractivity contribution in [3.63, 3.8) is 0 Å². The monoisotopic (exact) mass is 299 g/mol. The number of hydrogen-bond acceptors (Lipinski definition) is 6. The molecule has 106 valence electrons. The van der Waals surface area contributed by atoms with Gasteiger partial charge in [0.25, 0.3) is 0 Å². The Labute approximate surface area is 125 Å². The van der Waals surface area contributed by atoms with Crippen molar-refractivity contribution in [1.29, 1.82) is 0 Å². The van der Waals surface area contributed by atoms with E-state index >= 15 is 0 Å². The van der Waals surface area contributed by atoms with Crippen LogP contribution in [0.15, 0.2) is 41.6 Å². The molecule has 2 aromatic heterocycles. The predicted octanol–water partition coefficient (Wildman–Crippen LogP) is 1.92. The van der Waals surface area contributed by atoms with Crippen LogP contribution in [0, 0.1) is 0 Å². The zero-order valence-electron chi connectivity index (χ0n) is 11.4. The Kier molecular flexibility index (Phi) is 2.75. The molecule has 6 nitrogen and oxygen atoms in total. The molecule has 0 aromatic carbocycles. The first-order valence-corrected chi connectivity index (χ1v) is 7.60. The van der Waals surface area contributed by atoms with E-state index in [1.807, 2.05) is 30.2 Å². The SMILES string of the molecule is CC1=CN(c2ccc(-c3cn4c(n3)SCC4=O)cn2)CN1. The van der Waals surface area contributed by atoms with Crippen LogP contribution in [-0.2, 0) is 0 Å². The molecule has 2 aromatic rings. The zero-order chi connectivity index (χ0) is 14.4. The third-order valence-corrected chi connectivity index (χ3v) is 4.42. The Hall–Kier alpha value is -2.28. The fourth-order valence-corrected chi connectivity index (χ4v) is 3.22. The van der Waals surface area contributed by atoms with Crippen LogP contribution in [0.25, 0.3) is 11.3 Å². The van der Waals surface area contributed by atoms with Gasteiger partial charge in [-0.1, -0.05) is 11.8 Å². The second kappa shape index (κ2) is 4.63. The number of rotatable bonds is 2. The first kappa shape index (κ1) is 12.5. The van der Waals surface area contributed by atoms with Crippen LogP contribution in [-0.4, -0.2) is 32.9 Å². The van der Waals surface area contributed by atoms with Gasteiger partial charge in [-0.25, -0.2) is 9.97 Å². The lowest BCUT2D eigenvalue weighted by Crippen LogP contribution is -2.21. The van der Waals surface area contributed by atoms with Crippen molar-refractivity contribution in [3.8, 4) is 11.3 Å². The molecule has 2 aliphatic rings. The molecule has 4 rings (SSSR count). The molecular weight excluding hydrogens is 286 g/mol. The van der Waals surface area contributed by atoms with E-state index in [0.717, 1.165) is 34.6 Å². The van der Waals surface area contributed by atoms with E-state index in [1.54, 1.807) is 17.0 Å². The van der Waals surface area contributed by atoms with E-state index in [4.69, 9.17) is 0 Å². The molecule has 0 bridgehead atoms. The van der Waals surface area contributed by atoms with Crippen LogP contribution in [0.2, 0.25) is 0 Å². The van der Waals surface area contributed by atoms with Crippen LogP contribution in [0.3, 0.4) is 0 Å². The molecule has 0 atom stereocenters. The molecule has 0 amide bonds. The number of nitrogens with zero attached hydrogens (tertiary/aromatic N) is 4. The van der Waals surface area contributed by atoms with E-state index < -0.39 is 0 Å². The van der Waals surface area contributed by atoms with Gasteiger partial charge in [-0.3, -0.25) is 9.36 Å². The summed E-state index contributed by atoms with van der Waals surface area (Å²) in [4.78, 5) is 22.6. The molecule has 0 unspecified atom stereocenters. The summed E-state index contributed by atoms with van der Waals surface area (Å²) in [5, 5.41) is 4.00. The highest BCUT2D eigenvalue weighted by Crippen LogP contribution is 2.29. The summed E-state index contributed by atoms with van der Waals surface area (Å²) in [6.45, 7) is 2.76. The van der Waals surface area contributed by atoms with E-state index in [9.17, 15) is 4.79 Å². The minimum Gasteiger partial charge on any atom is -0.370 e. The van der Waals surface area contributed by atoms with Gasteiger partial charge in [0.05, 0.1) is 18.1 Å². The number of imidazole rings is 1. The van der Waals surface area contributed by atoms with E-state index in [1.165, 1.54) is 11.8 Å². The largest absolute Gasteiger partial charge is 0.370 e. The normalized spacial score (nSPS) is 16.9. The standard InChI is InChI=1S/C14H13N5OS/c1-9-5-18(8-16-9)12-3-2-10(4-15-12)11-6-19-13(20)7-21-14(19)17-11/h2-6,16H,7-8H2,1H3. The molecule has 0 saturated carbocycles. The van der Waals surface area contributed by atoms with Crippen molar-refractivity contribution in [2.45, 2.75) is 12.1 Å². The van der Waals surface area contributed by atoms with Crippen molar-refractivity contribution in [1.82, 2.24) is 19.9 Å². The number of hydrogen-bond donors (Lipinski definition) is 1. The lowest BCUT2D eigenvalue weighted by atomic mass is 10.2. The average molecular weight is 299 g/mol. The summed E-state index contributed by atoms with van der Waals surface area (Å²) >= 11 is 1.47. The number of thioether (sulfide) groups is 1. The third kappa shape index (κ3) is 2.09. The lowest BCUT2D eigenvalue weighted by molar-refractivity contribution is 0.0939. The number of carbonyl (C=O) groups is 1. The summed E-state index contributed by atoms with van der Waals surface area (Å²) in [5.41, 5.74) is 2.83. The molecule has 4 heterocycles. The Morgan fingerprint density at radius 2 is 2.29 bits per heavy atom. The Balaban J connectivity index is 1.62. The Morgan fingerprint density at radius 3 is 2.95 bits per heavy atom. The second-order valence-corrected chi connectivity index (χ2v) is 5.93. The van der Waals surface area contributed by atoms with Gasteiger partial charge < -0.3 is 10.2 Å². The van der Waals surface area contributed by atoms with Gasteiger partial charge in [0, 0.05) is 29.9 Å².